The molecule has 5 rings (SSSR count). The maximum absolute atomic E-state index is 13.8. The molecule has 3 aliphatic rings. The summed E-state index contributed by atoms with van der Waals surface area (Å²) in [5, 5.41) is 23.8. The molecule has 3 amide bonds. The number of hydrogen-bond donors (Lipinski definition) is 3. The van der Waals surface area contributed by atoms with Gasteiger partial charge < -0.3 is 25.4 Å². The van der Waals surface area contributed by atoms with E-state index in [9.17, 15) is 19.5 Å². The number of benzene rings is 1. The normalized spacial score (nSPS) is 32.8. The minimum atomic E-state index is -1.12. The van der Waals surface area contributed by atoms with E-state index >= 15 is 0 Å². The van der Waals surface area contributed by atoms with E-state index in [1.54, 1.807) is 4.68 Å². The van der Waals surface area contributed by atoms with Crippen LogP contribution >= 0.6 is 0 Å². The quantitative estimate of drug-likeness (QED) is 0.509. The Balaban J connectivity index is 1.50. The molecule has 6 atom stereocenters. The molecule has 182 valence electrons. The third-order valence-corrected chi connectivity index (χ3v) is 7.89. The van der Waals surface area contributed by atoms with E-state index < -0.39 is 41.0 Å². The summed E-state index contributed by atoms with van der Waals surface area (Å²) in [6, 6.07) is 5.89. The van der Waals surface area contributed by atoms with E-state index in [1.165, 1.54) is 11.9 Å². The molecule has 3 N–H and O–H groups in total. The van der Waals surface area contributed by atoms with Gasteiger partial charge in [-0.3, -0.25) is 14.4 Å². The molecular weight excluding hydrogens is 440 g/mol. The smallest absolute Gasteiger partial charge is 0.247 e. The van der Waals surface area contributed by atoms with Crippen LogP contribution in [0.15, 0.2) is 24.3 Å². The van der Waals surface area contributed by atoms with Gasteiger partial charge in [0.1, 0.15) is 23.8 Å². The zero-order valence-corrected chi connectivity index (χ0v) is 19.5. The van der Waals surface area contributed by atoms with Crippen molar-refractivity contribution in [2.24, 2.45) is 11.8 Å². The Morgan fingerprint density at radius 2 is 2.06 bits per heavy atom. The van der Waals surface area contributed by atoms with Gasteiger partial charge in [-0.05, 0) is 38.3 Å². The molecule has 3 fully saturated rings. The first-order valence-electron chi connectivity index (χ1n) is 11.7. The lowest BCUT2D eigenvalue weighted by atomic mass is 9.66. The van der Waals surface area contributed by atoms with Crippen LogP contribution in [0.4, 0.5) is 0 Å². The number of aromatic nitrogens is 3. The third kappa shape index (κ3) is 2.99. The molecular formula is C23H30N6O5. The monoisotopic (exact) mass is 470 g/mol. The van der Waals surface area contributed by atoms with Gasteiger partial charge in [-0.1, -0.05) is 24.3 Å². The molecule has 3 aliphatic heterocycles. The summed E-state index contributed by atoms with van der Waals surface area (Å²) < 4.78 is 8.07. The zero-order chi connectivity index (χ0) is 24.3. The number of carbonyl (C=O) groups is 3. The molecule has 0 saturated carbocycles. The minimum Gasteiger partial charge on any atom is -0.394 e. The van der Waals surface area contributed by atoms with Crippen molar-refractivity contribution in [3.63, 3.8) is 0 Å². The third-order valence-electron chi connectivity index (χ3n) is 7.89. The number of nitrogens with one attached hydrogen (secondary N) is 2. The lowest BCUT2D eigenvalue weighted by molar-refractivity contribution is -0.149. The highest BCUT2D eigenvalue weighted by atomic mass is 16.5. The fraction of sp³-hybridized carbons (Fsp3) is 0.609. The first kappa shape index (κ1) is 22.7. The van der Waals surface area contributed by atoms with Crippen LogP contribution < -0.4 is 10.6 Å². The molecule has 2 unspecified atom stereocenters. The second-order valence-electron chi connectivity index (χ2n) is 9.61. The summed E-state index contributed by atoms with van der Waals surface area (Å²) in [6.07, 6.45) is 1.51. The van der Waals surface area contributed by atoms with Gasteiger partial charge in [0.2, 0.25) is 17.7 Å². The Hall–Kier alpha value is -3.05. The molecule has 3 saturated heterocycles. The Bertz CT molecular complexity index is 1150. The molecule has 2 bridgehead atoms. The maximum Gasteiger partial charge on any atom is 0.247 e. The summed E-state index contributed by atoms with van der Waals surface area (Å²) in [5.41, 5.74) is -0.475. The molecule has 34 heavy (non-hydrogen) atoms. The average molecular weight is 471 g/mol. The van der Waals surface area contributed by atoms with Crippen molar-refractivity contribution in [1.29, 1.82) is 0 Å². The number of carbonyl (C=O) groups excluding carboxylic acids is 3. The van der Waals surface area contributed by atoms with E-state index in [0.717, 1.165) is 5.52 Å². The summed E-state index contributed by atoms with van der Waals surface area (Å²) in [6.45, 7) is 3.47. The van der Waals surface area contributed by atoms with Crippen LogP contribution in [0.1, 0.15) is 33.1 Å². The van der Waals surface area contributed by atoms with Crippen molar-refractivity contribution >= 4 is 28.8 Å². The van der Waals surface area contributed by atoms with Crippen LogP contribution in [0.25, 0.3) is 11.0 Å². The number of fused-ring (bicyclic) bond motifs is 2. The predicted octanol–water partition coefficient (Wildman–Crippen LogP) is -0.213. The topological polar surface area (TPSA) is 139 Å². The Labute approximate surface area is 196 Å². The minimum absolute atomic E-state index is 0.0602. The largest absolute Gasteiger partial charge is 0.394 e. The van der Waals surface area contributed by atoms with Crippen molar-refractivity contribution in [3.8, 4) is 0 Å². The van der Waals surface area contributed by atoms with Crippen molar-refractivity contribution in [1.82, 2.24) is 30.5 Å². The SMILES string of the molecule is CC[C@@H](CO)N1C(=O)[C@@H]2[C@@H](C(=O)NC)[C@@]3(C)CCC2(O3)C1C(=O)NCn1nnc2ccccc21. The summed E-state index contributed by atoms with van der Waals surface area (Å²) >= 11 is 0. The Morgan fingerprint density at radius 1 is 1.29 bits per heavy atom. The first-order chi connectivity index (χ1) is 16.3. The molecule has 11 heteroatoms. The van der Waals surface area contributed by atoms with Gasteiger partial charge in [-0.15, -0.1) is 5.10 Å². The summed E-state index contributed by atoms with van der Waals surface area (Å²) in [4.78, 5) is 41.8. The highest BCUT2D eigenvalue weighted by Gasteiger charge is 2.78. The van der Waals surface area contributed by atoms with Crippen LogP contribution in [0.2, 0.25) is 0 Å². The first-order valence-corrected chi connectivity index (χ1v) is 11.7. The standard InChI is InChI=1S/C23H30N6O5/c1-4-13(11-30)29-18(20(32)25-12-28-15-8-6-5-7-14(15)26-27-28)23-10-9-22(2,34-23)16(19(31)24-3)17(23)21(29)33/h5-8,13,16-18,30H,4,9-12H2,1-3H3,(H,24,31)(H,25,32)/t13-,16-,17-,18?,22+,23?/m0/s1. The summed E-state index contributed by atoms with van der Waals surface area (Å²) in [5.74, 6) is -2.47. The second kappa shape index (κ2) is 8.02. The fourth-order valence-corrected chi connectivity index (χ4v) is 6.31. The molecule has 1 spiro atoms. The number of nitrogens with zero attached hydrogens (tertiary/aromatic N) is 4. The molecule has 0 radical (unpaired) electrons. The number of rotatable bonds is 7. The molecule has 1 aromatic carbocycles. The van der Waals surface area contributed by atoms with Gasteiger partial charge in [0, 0.05) is 7.05 Å². The lowest BCUT2D eigenvalue weighted by Gasteiger charge is -2.36. The van der Waals surface area contributed by atoms with E-state index in [0.29, 0.717) is 24.8 Å². The van der Waals surface area contributed by atoms with Crippen LogP contribution in [-0.2, 0) is 25.8 Å². The number of aliphatic hydroxyl groups is 1. The number of hydrogen-bond acceptors (Lipinski definition) is 7. The highest BCUT2D eigenvalue weighted by molar-refractivity contribution is 5.99. The van der Waals surface area contributed by atoms with Crippen molar-refractivity contribution < 1.29 is 24.2 Å². The number of amides is 3. The van der Waals surface area contributed by atoms with Crippen LogP contribution in [0, 0.1) is 11.8 Å². The number of para-hydroxylation sites is 1. The maximum atomic E-state index is 13.8. The van der Waals surface area contributed by atoms with Crippen LogP contribution in [0.3, 0.4) is 0 Å². The molecule has 4 heterocycles. The van der Waals surface area contributed by atoms with Crippen molar-refractivity contribution in [2.75, 3.05) is 13.7 Å². The molecule has 11 nitrogen and oxygen atoms in total. The average Bonchev–Trinajstić information content (AvgIpc) is 3.54. The van der Waals surface area contributed by atoms with E-state index in [1.807, 2.05) is 38.1 Å². The van der Waals surface area contributed by atoms with Crippen molar-refractivity contribution in [2.45, 2.75) is 63.1 Å². The van der Waals surface area contributed by atoms with Gasteiger partial charge in [-0.2, -0.15) is 0 Å². The van der Waals surface area contributed by atoms with Crippen LogP contribution in [-0.4, -0.2) is 79.7 Å². The van der Waals surface area contributed by atoms with Gasteiger partial charge in [0.25, 0.3) is 0 Å². The lowest BCUT2D eigenvalue weighted by Crippen LogP contribution is -2.58. The Morgan fingerprint density at radius 3 is 2.76 bits per heavy atom. The number of ether oxygens (including phenoxy) is 1. The highest BCUT2D eigenvalue weighted by Crippen LogP contribution is 2.63. The fourth-order valence-electron chi connectivity index (χ4n) is 6.31. The number of likely N-dealkylation sites (tertiary alicyclic amines) is 1. The van der Waals surface area contributed by atoms with Gasteiger partial charge >= 0.3 is 0 Å². The predicted molar refractivity (Wildman–Crippen MR) is 120 cm³/mol. The molecule has 0 aliphatic carbocycles. The van der Waals surface area contributed by atoms with E-state index in [4.69, 9.17) is 4.74 Å². The molecule has 2 aromatic rings. The van der Waals surface area contributed by atoms with Crippen LogP contribution in [0.5, 0.6) is 0 Å². The van der Waals surface area contributed by atoms with E-state index in [-0.39, 0.29) is 25.1 Å². The zero-order valence-electron chi connectivity index (χ0n) is 19.5. The molecule has 1 aromatic heterocycles. The van der Waals surface area contributed by atoms with Gasteiger partial charge in [0.05, 0.1) is 35.6 Å². The second-order valence-corrected chi connectivity index (χ2v) is 9.61. The van der Waals surface area contributed by atoms with E-state index in [2.05, 4.69) is 20.9 Å². The van der Waals surface area contributed by atoms with Gasteiger partial charge in [0.15, 0.2) is 0 Å². The summed E-state index contributed by atoms with van der Waals surface area (Å²) in [7, 11) is 1.54. The van der Waals surface area contributed by atoms with Crippen molar-refractivity contribution in [3.05, 3.63) is 24.3 Å². The number of aliphatic hydroxyl groups excluding tert-OH is 1. The Kier molecular flexibility index (Phi) is 5.36. The van der Waals surface area contributed by atoms with Gasteiger partial charge in [-0.25, -0.2) is 4.68 Å².